The SMILES string of the molecule is CCCCOCC(O)CN(C)C1CCCN(C)C1. The first-order valence-electron chi connectivity index (χ1n) is 7.28. The van der Waals surface area contributed by atoms with Crippen LogP contribution in [0.2, 0.25) is 0 Å². The van der Waals surface area contributed by atoms with Gasteiger partial charge in [-0.05, 0) is 39.9 Å². The zero-order valence-electron chi connectivity index (χ0n) is 12.3. The molecule has 0 aromatic carbocycles. The predicted octanol–water partition coefficient (Wildman–Crippen LogP) is 1.19. The average molecular weight is 258 g/mol. The summed E-state index contributed by atoms with van der Waals surface area (Å²) >= 11 is 0. The third kappa shape index (κ3) is 6.14. The van der Waals surface area contributed by atoms with E-state index in [9.17, 15) is 5.11 Å². The van der Waals surface area contributed by atoms with Crippen LogP contribution in [-0.4, -0.2) is 74.0 Å². The second-order valence-corrected chi connectivity index (χ2v) is 5.58. The van der Waals surface area contributed by atoms with Crippen LogP contribution in [0.3, 0.4) is 0 Å². The van der Waals surface area contributed by atoms with Gasteiger partial charge in [-0.15, -0.1) is 0 Å². The minimum atomic E-state index is -0.362. The van der Waals surface area contributed by atoms with Crippen LogP contribution in [-0.2, 0) is 4.74 Å². The molecule has 4 heteroatoms. The van der Waals surface area contributed by atoms with Gasteiger partial charge in [-0.2, -0.15) is 0 Å². The van der Waals surface area contributed by atoms with Crippen LogP contribution in [0.1, 0.15) is 32.6 Å². The number of aliphatic hydroxyl groups is 1. The van der Waals surface area contributed by atoms with Crippen molar-refractivity contribution in [2.45, 2.75) is 44.8 Å². The van der Waals surface area contributed by atoms with E-state index in [-0.39, 0.29) is 6.10 Å². The van der Waals surface area contributed by atoms with Crippen LogP contribution in [0.25, 0.3) is 0 Å². The molecule has 18 heavy (non-hydrogen) atoms. The fourth-order valence-corrected chi connectivity index (χ4v) is 2.50. The van der Waals surface area contributed by atoms with Crippen LogP contribution in [0, 0.1) is 0 Å². The van der Waals surface area contributed by atoms with Gasteiger partial charge in [-0.25, -0.2) is 0 Å². The molecule has 1 aliphatic rings. The number of hydrogen-bond acceptors (Lipinski definition) is 4. The Morgan fingerprint density at radius 3 is 2.94 bits per heavy atom. The molecule has 0 aromatic heterocycles. The Hall–Kier alpha value is -0.160. The number of rotatable bonds is 8. The van der Waals surface area contributed by atoms with Crippen LogP contribution in [0.4, 0.5) is 0 Å². The van der Waals surface area contributed by atoms with Gasteiger partial charge >= 0.3 is 0 Å². The van der Waals surface area contributed by atoms with Crippen molar-refractivity contribution in [2.75, 3.05) is 46.9 Å². The van der Waals surface area contributed by atoms with E-state index in [0.717, 1.165) is 26.0 Å². The molecule has 0 aliphatic carbocycles. The Kier molecular flexibility index (Phi) is 7.82. The van der Waals surface area contributed by atoms with E-state index in [1.807, 2.05) is 0 Å². The van der Waals surface area contributed by atoms with E-state index in [1.54, 1.807) is 0 Å². The molecule has 0 aromatic rings. The van der Waals surface area contributed by atoms with Crippen LogP contribution >= 0.6 is 0 Å². The topological polar surface area (TPSA) is 35.9 Å². The fourth-order valence-electron chi connectivity index (χ4n) is 2.50. The van der Waals surface area contributed by atoms with Gasteiger partial charge in [0.25, 0.3) is 0 Å². The number of hydrogen-bond donors (Lipinski definition) is 1. The molecular formula is C14H30N2O2. The van der Waals surface area contributed by atoms with Crippen molar-refractivity contribution in [1.82, 2.24) is 9.80 Å². The van der Waals surface area contributed by atoms with Crippen molar-refractivity contribution < 1.29 is 9.84 Å². The number of likely N-dealkylation sites (N-methyl/N-ethyl adjacent to an activating group) is 2. The van der Waals surface area contributed by atoms with Crippen LogP contribution in [0.5, 0.6) is 0 Å². The van der Waals surface area contributed by atoms with Crippen molar-refractivity contribution in [1.29, 1.82) is 0 Å². The molecule has 1 fully saturated rings. The quantitative estimate of drug-likeness (QED) is 0.664. The number of piperidine rings is 1. The highest BCUT2D eigenvalue weighted by Gasteiger charge is 2.22. The van der Waals surface area contributed by atoms with E-state index >= 15 is 0 Å². The summed E-state index contributed by atoms with van der Waals surface area (Å²) in [5.41, 5.74) is 0. The van der Waals surface area contributed by atoms with Crippen molar-refractivity contribution in [3.63, 3.8) is 0 Å². The largest absolute Gasteiger partial charge is 0.389 e. The van der Waals surface area contributed by atoms with E-state index in [0.29, 0.717) is 19.2 Å². The van der Waals surface area contributed by atoms with Crippen molar-refractivity contribution >= 4 is 0 Å². The Bertz CT molecular complexity index is 214. The molecule has 2 unspecified atom stereocenters. The number of unbranched alkanes of at least 4 members (excludes halogenated alkanes) is 1. The smallest absolute Gasteiger partial charge is 0.0900 e. The van der Waals surface area contributed by atoms with Crippen LogP contribution in [0.15, 0.2) is 0 Å². The van der Waals surface area contributed by atoms with Crippen molar-refractivity contribution in [3.05, 3.63) is 0 Å². The van der Waals surface area contributed by atoms with E-state index in [2.05, 4.69) is 30.8 Å². The maximum absolute atomic E-state index is 9.94. The molecule has 1 aliphatic heterocycles. The number of ether oxygens (including phenoxy) is 1. The summed E-state index contributed by atoms with van der Waals surface area (Å²) in [5, 5.41) is 9.94. The van der Waals surface area contributed by atoms with Gasteiger partial charge in [0.2, 0.25) is 0 Å². The van der Waals surface area contributed by atoms with E-state index in [4.69, 9.17) is 4.74 Å². The van der Waals surface area contributed by atoms with Gasteiger partial charge in [-0.3, -0.25) is 4.90 Å². The summed E-state index contributed by atoms with van der Waals surface area (Å²) < 4.78 is 5.46. The normalized spacial score (nSPS) is 23.5. The molecule has 108 valence electrons. The van der Waals surface area contributed by atoms with E-state index < -0.39 is 0 Å². The lowest BCUT2D eigenvalue weighted by Crippen LogP contribution is -2.47. The van der Waals surface area contributed by atoms with Gasteiger partial charge in [0.1, 0.15) is 0 Å². The molecule has 0 saturated carbocycles. The second kappa shape index (κ2) is 8.86. The maximum Gasteiger partial charge on any atom is 0.0900 e. The molecule has 1 heterocycles. The molecule has 1 rings (SSSR count). The maximum atomic E-state index is 9.94. The second-order valence-electron chi connectivity index (χ2n) is 5.58. The zero-order valence-corrected chi connectivity index (χ0v) is 12.3. The van der Waals surface area contributed by atoms with Crippen LogP contribution < -0.4 is 0 Å². The predicted molar refractivity (Wildman–Crippen MR) is 74.9 cm³/mol. The molecule has 0 spiro atoms. The first-order valence-corrected chi connectivity index (χ1v) is 7.28. The summed E-state index contributed by atoms with van der Waals surface area (Å²) in [6.45, 7) is 6.40. The summed E-state index contributed by atoms with van der Waals surface area (Å²) in [4.78, 5) is 4.65. The molecule has 1 N–H and O–H groups in total. The molecule has 0 bridgehead atoms. The van der Waals surface area contributed by atoms with Crippen molar-refractivity contribution in [2.24, 2.45) is 0 Å². The summed E-state index contributed by atoms with van der Waals surface area (Å²) in [7, 11) is 4.28. The average Bonchev–Trinajstić information content (AvgIpc) is 2.34. The number of likely N-dealkylation sites (tertiary alicyclic amines) is 1. The Balaban J connectivity index is 2.15. The zero-order chi connectivity index (χ0) is 13.4. The molecular weight excluding hydrogens is 228 g/mol. The molecule has 2 atom stereocenters. The lowest BCUT2D eigenvalue weighted by atomic mass is 10.0. The Morgan fingerprint density at radius 2 is 2.28 bits per heavy atom. The van der Waals surface area contributed by atoms with Gasteiger partial charge in [0.15, 0.2) is 0 Å². The van der Waals surface area contributed by atoms with E-state index in [1.165, 1.54) is 19.4 Å². The monoisotopic (exact) mass is 258 g/mol. The first-order chi connectivity index (χ1) is 8.63. The van der Waals surface area contributed by atoms with Gasteiger partial charge in [0, 0.05) is 25.7 Å². The highest BCUT2D eigenvalue weighted by Crippen LogP contribution is 2.13. The molecule has 0 radical (unpaired) electrons. The first kappa shape index (κ1) is 15.9. The summed E-state index contributed by atoms with van der Waals surface area (Å²) in [6, 6.07) is 0.578. The highest BCUT2D eigenvalue weighted by molar-refractivity contribution is 4.78. The molecule has 0 amide bonds. The Labute approximate surface area is 112 Å². The fraction of sp³-hybridized carbons (Fsp3) is 1.00. The van der Waals surface area contributed by atoms with Gasteiger partial charge < -0.3 is 14.7 Å². The lowest BCUT2D eigenvalue weighted by Gasteiger charge is -2.36. The standard InChI is InChI=1S/C14H30N2O2/c1-4-5-9-18-12-14(17)11-16(3)13-7-6-8-15(2)10-13/h13-14,17H,4-12H2,1-3H3. The van der Waals surface area contributed by atoms with Gasteiger partial charge in [0.05, 0.1) is 12.7 Å². The molecule has 1 saturated heterocycles. The Morgan fingerprint density at radius 1 is 1.50 bits per heavy atom. The number of nitrogens with zero attached hydrogens (tertiary/aromatic N) is 2. The third-order valence-electron chi connectivity index (χ3n) is 3.67. The van der Waals surface area contributed by atoms with Crippen molar-refractivity contribution in [3.8, 4) is 0 Å². The molecule has 4 nitrogen and oxygen atoms in total. The lowest BCUT2D eigenvalue weighted by molar-refractivity contribution is 0.00695. The third-order valence-corrected chi connectivity index (χ3v) is 3.67. The number of aliphatic hydroxyl groups excluding tert-OH is 1. The summed E-state index contributed by atoms with van der Waals surface area (Å²) in [5.74, 6) is 0. The summed E-state index contributed by atoms with van der Waals surface area (Å²) in [6.07, 6.45) is 4.36. The minimum absolute atomic E-state index is 0.362. The van der Waals surface area contributed by atoms with Gasteiger partial charge in [-0.1, -0.05) is 13.3 Å². The highest BCUT2D eigenvalue weighted by atomic mass is 16.5. The minimum Gasteiger partial charge on any atom is -0.389 e.